The second-order valence-electron chi connectivity index (χ2n) is 3.83. The fraction of sp³-hybridized carbons (Fsp3) is 0.385. The van der Waals surface area contributed by atoms with Gasteiger partial charge in [0.15, 0.2) is 0 Å². The van der Waals surface area contributed by atoms with E-state index in [4.69, 9.17) is 5.73 Å². The molecule has 92 valence electrons. The Morgan fingerprint density at radius 2 is 2.06 bits per heavy atom. The number of primary amides is 1. The van der Waals surface area contributed by atoms with Crippen molar-refractivity contribution in [2.24, 2.45) is 5.73 Å². The van der Waals surface area contributed by atoms with Crippen LogP contribution in [-0.2, 0) is 11.2 Å². The van der Waals surface area contributed by atoms with E-state index in [2.05, 4.69) is 19.9 Å². The van der Waals surface area contributed by atoms with Gasteiger partial charge in [0, 0.05) is 4.88 Å². The van der Waals surface area contributed by atoms with Crippen molar-refractivity contribution < 1.29 is 9.59 Å². The van der Waals surface area contributed by atoms with Crippen LogP contribution in [-0.4, -0.2) is 11.7 Å². The number of hydrogen-bond acceptors (Lipinski definition) is 3. The molecular weight excluding hydrogens is 234 g/mol. The van der Waals surface area contributed by atoms with Crippen molar-refractivity contribution >= 4 is 29.1 Å². The molecule has 0 fully saturated rings. The summed E-state index contributed by atoms with van der Waals surface area (Å²) in [7, 11) is 0. The molecule has 0 bridgehead atoms. The Labute approximate surface area is 105 Å². The molecular formula is C13H17NO2S. The second kappa shape index (κ2) is 6.35. The molecule has 0 radical (unpaired) electrons. The minimum Gasteiger partial charge on any atom is -0.363 e. The smallest absolute Gasteiger partial charge is 0.290 e. The monoisotopic (exact) mass is 251 g/mol. The van der Waals surface area contributed by atoms with Gasteiger partial charge in [0.25, 0.3) is 11.7 Å². The molecule has 1 aliphatic carbocycles. The van der Waals surface area contributed by atoms with Crippen LogP contribution in [0.1, 0.15) is 46.8 Å². The van der Waals surface area contributed by atoms with Gasteiger partial charge in [-0.1, -0.05) is 32.4 Å². The summed E-state index contributed by atoms with van der Waals surface area (Å²) in [6, 6.07) is 1.74. The highest BCUT2D eigenvalue weighted by Gasteiger charge is 2.18. The number of aryl methyl sites for hydroxylation is 1. The summed E-state index contributed by atoms with van der Waals surface area (Å²) in [5, 5.41) is 0. The molecule has 17 heavy (non-hydrogen) atoms. The Bertz CT molecular complexity index is 446. The SMILES string of the molecule is CCC.NC(=O)C(=O)c1cc2c(s1)CCC=C2. The first kappa shape index (κ1) is 13.6. The number of ketones is 1. The molecule has 0 spiro atoms. The highest BCUT2D eigenvalue weighted by Crippen LogP contribution is 2.28. The predicted molar refractivity (Wildman–Crippen MR) is 71.2 cm³/mol. The zero-order chi connectivity index (χ0) is 12.8. The van der Waals surface area contributed by atoms with E-state index < -0.39 is 11.7 Å². The summed E-state index contributed by atoms with van der Waals surface area (Å²) < 4.78 is 0. The van der Waals surface area contributed by atoms with Crippen molar-refractivity contribution in [3.8, 4) is 0 Å². The maximum Gasteiger partial charge on any atom is 0.290 e. The standard InChI is InChI=1S/C10H9NO2S.C3H8/c11-10(13)9(12)8-5-6-3-1-2-4-7(6)14-8;1-3-2/h1,3,5H,2,4H2,(H2,11,13);3H2,1-2H3. The Hall–Kier alpha value is -1.42. The zero-order valence-electron chi connectivity index (χ0n) is 10.2. The van der Waals surface area contributed by atoms with Crippen LogP contribution in [0.2, 0.25) is 0 Å². The Morgan fingerprint density at radius 1 is 1.41 bits per heavy atom. The summed E-state index contributed by atoms with van der Waals surface area (Å²) in [6.45, 7) is 4.25. The van der Waals surface area contributed by atoms with Gasteiger partial charge in [0.2, 0.25) is 0 Å². The van der Waals surface area contributed by atoms with Crippen molar-refractivity contribution in [2.45, 2.75) is 33.1 Å². The fourth-order valence-electron chi connectivity index (χ4n) is 1.44. The van der Waals surface area contributed by atoms with Gasteiger partial charge in [-0.3, -0.25) is 9.59 Å². The molecule has 4 heteroatoms. The lowest BCUT2D eigenvalue weighted by Crippen LogP contribution is -2.22. The average molecular weight is 251 g/mol. The van der Waals surface area contributed by atoms with Crippen molar-refractivity contribution in [2.75, 3.05) is 0 Å². The first-order valence-electron chi connectivity index (χ1n) is 5.73. The summed E-state index contributed by atoms with van der Waals surface area (Å²) in [6.07, 6.45) is 7.24. The third-order valence-corrected chi connectivity index (χ3v) is 3.33. The van der Waals surface area contributed by atoms with Crippen molar-refractivity contribution in [3.63, 3.8) is 0 Å². The van der Waals surface area contributed by atoms with Gasteiger partial charge in [-0.25, -0.2) is 0 Å². The van der Waals surface area contributed by atoms with E-state index in [1.807, 2.05) is 6.08 Å². The molecule has 0 saturated heterocycles. The molecule has 1 amide bonds. The van der Waals surface area contributed by atoms with Gasteiger partial charge in [0.05, 0.1) is 4.88 Å². The highest BCUT2D eigenvalue weighted by molar-refractivity contribution is 7.15. The Balaban J connectivity index is 0.000000437. The maximum absolute atomic E-state index is 11.3. The van der Waals surface area contributed by atoms with Crippen LogP contribution < -0.4 is 5.73 Å². The molecule has 0 aromatic carbocycles. The summed E-state index contributed by atoms with van der Waals surface area (Å²) in [5.41, 5.74) is 5.97. The lowest BCUT2D eigenvalue weighted by atomic mass is 10.1. The van der Waals surface area contributed by atoms with Crippen LogP contribution in [0.25, 0.3) is 6.08 Å². The zero-order valence-corrected chi connectivity index (χ0v) is 11.0. The van der Waals surface area contributed by atoms with Gasteiger partial charge in [-0.15, -0.1) is 11.3 Å². The van der Waals surface area contributed by atoms with E-state index in [9.17, 15) is 9.59 Å². The second-order valence-corrected chi connectivity index (χ2v) is 4.97. The number of allylic oxidation sites excluding steroid dienone is 1. The molecule has 1 heterocycles. The number of Topliss-reactive ketones (excluding diaryl/α,β-unsaturated/α-hetero) is 1. The van der Waals surface area contributed by atoms with E-state index in [1.165, 1.54) is 17.8 Å². The van der Waals surface area contributed by atoms with E-state index >= 15 is 0 Å². The normalized spacial score (nSPS) is 12.4. The first-order chi connectivity index (χ1) is 8.10. The molecule has 2 rings (SSSR count). The summed E-state index contributed by atoms with van der Waals surface area (Å²) in [5.74, 6) is -1.47. The van der Waals surface area contributed by atoms with Crippen LogP contribution in [0.3, 0.4) is 0 Å². The summed E-state index contributed by atoms with van der Waals surface area (Å²) in [4.78, 5) is 23.6. The molecule has 0 unspecified atom stereocenters. The van der Waals surface area contributed by atoms with Crippen molar-refractivity contribution in [1.29, 1.82) is 0 Å². The van der Waals surface area contributed by atoms with E-state index in [-0.39, 0.29) is 0 Å². The topological polar surface area (TPSA) is 60.2 Å². The van der Waals surface area contributed by atoms with Crippen molar-refractivity contribution in [3.05, 3.63) is 27.5 Å². The van der Waals surface area contributed by atoms with E-state index in [0.717, 1.165) is 23.3 Å². The molecule has 1 aliphatic rings. The van der Waals surface area contributed by atoms with Crippen LogP contribution in [0.4, 0.5) is 0 Å². The van der Waals surface area contributed by atoms with Gasteiger partial charge in [-0.05, 0) is 24.5 Å². The third-order valence-electron chi connectivity index (χ3n) is 2.12. The third kappa shape index (κ3) is 3.53. The van der Waals surface area contributed by atoms with Crippen LogP contribution in [0.15, 0.2) is 12.1 Å². The largest absolute Gasteiger partial charge is 0.363 e. The Morgan fingerprint density at radius 3 is 2.59 bits per heavy atom. The Kier molecular flexibility index (Phi) is 5.10. The lowest BCUT2D eigenvalue weighted by molar-refractivity contribution is -0.114. The number of nitrogens with two attached hydrogens (primary N) is 1. The quantitative estimate of drug-likeness (QED) is 0.649. The van der Waals surface area contributed by atoms with Gasteiger partial charge < -0.3 is 5.73 Å². The molecule has 0 atom stereocenters. The predicted octanol–water partition coefficient (Wildman–Crippen LogP) is 2.79. The number of amides is 1. The van der Waals surface area contributed by atoms with Gasteiger partial charge in [0.1, 0.15) is 0 Å². The minimum atomic E-state index is -0.882. The number of rotatable bonds is 2. The number of carbonyl (C=O) groups excluding carboxylic acids is 2. The lowest BCUT2D eigenvalue weighted by Gasteiger charge is -2.01. The fourth-order valence-corrected chi connectivity index (χ4v) is 2.55. The number of carbonyl (C=O) groups is 2. The molecule has 3 nitrogen and oxygen atoms in total. The van der Waals surface area contributed by atoms with E-state index in [0.29, 0.717) is 4.88 Å². The molecule has 1 aromatic heterocycles. The van der Waals surface area contributed by atoms with Crippen molar-refractivity contribution in [1.82, 2.24) is 0 Å². The average Bonchev–Trinajstić information content (AvgIpc) is 2.72. The van der Waals surface area contributed by atoms with Crippen LogP contribution in [0, 0.1) is 0 Å². The molecule has 0 saturated carbocycles. The number of thiophene rings is 1. The number of fused-ring (bicyclic) bond motifs is 1. The van der Waals surface area contributed by atoms with Crippen LogP contribution >= 0.6 is 11.3 Å². The maximum atomic E-state index is 11.3. The van der Waals surface area contributed by atoms with Gasteiger partial charge >= 0.3 is 0 Å². The molecule has 0 aliphatic heterocycles. The van der Waals surface area contributed by atoms with Crippen LogP contribution in [0.5, 0.6) is 0 Å². The highest BCUT2D eigenvalue weighted by atomic mass is 32.1. The minimum absolute atomic E-state index is 0.453. The van der Waals surface area contributed by atoms with E-state index in [1.54, 1.807) is 6.07 Å². The first-order valence-corrected chi connectivity index (χ1v) is 6.55. The molecule has 1 aromatic rings. The summed E-state index contributed by atoms with van der Waals surface area (Å²) >= 11 is 1.37. The number of hydrogen-bond donors (Lipinski definition) is 1. The van der Waals surface area contributed by atoms with Gasteiger partial charge in [-0.2, -0.15) is 0 Å². The molecule has 2 N–H and O–H groups in total.